The van der Waals surface area contributed by atoms with Crippen LogP contribution in [0.2, 0.25) is 0 Å². The largest absolute Gasteiger partial charge is 0.416 e. The number of carbonyl (C=O) groups is 1. The molecular formula is C19H12F3N5O2. The fourth-order valence-corrected chi connectivity index (χ4v) is 2.80. The van der Waals surface area contributed by atoms with Crippen molar-refractivity contribution in [2.75, 3.05) is 5.32 Å². The molecule has 0 aliphatic carbocycles. The van der Waals surface area contributed by atoms with Crippen molar-refractivity contribution in [3.63, 3.8) is 0 Å². The zero-order valence-corrected chi connectivity index (χ0v) is 14.6. The number of nitrogens with zero attached hydrogens (tertiary/aromatic N) is 4. The quantitative estimate of drug-likeness (QED) is 0.574. The van der Waals surface area contributed by atoms with Gasteiger partial charge in [0, 0.05) is 24.8 Å². The molecule has 1 N–H and O–H groups in total. The molecule has 0 atom stereocenters. The van der Waals surface area contributed by atoms with Crippen molar-refractivity contribution in [1.29, 1.82) is 0 Å². The Morgan fingerprint density at radius 1 is 1.07 bits per heavy atom. The molecule has 0 radical (unpaired) electrons. The molecule has 146 valence electrons. The van der Waals surface area contributed by atoms with E-state index < -0.39 is 23.2 Å². The number of anilines is 1. The zero-order chi connectivity index (χ0) is 20.6. The van der Waals surface area contributed by atoms with Gasteiger partial charge < -0.3 is 5.32 Å². The molecule has 4 rings (SSSR count). The second-order valence-electron chi connectivity index (χ2n) is 6.04. The van der Waals surface area contributed by atoms with Gasteiger partial charge in [-0.3, -0.25) is 14.0 Å². The molecule has 0 unspecified atom stereocenters. The lowest BCUT2D eigenvalue weighted by atomic mass is 10.1. The second kappa shape index (κ2) is 6.89. The van der Waals surface area contributed by atoms with Gasteiger partial charge in [-0.2, -0.15) is 18.3 Å². The summed E-state index contributed by atoms with van der Waals surface area (Å²) in [5, 5.41) is 6.36. The van der Waals surface area contributed by atoms with E-state index in [1.165, 1.54) is 33.7 Å². The van der Waals surface area contributed by atoms with Gasteiger partial charge in [0.05, 0.1) is 16.9 Å². The van der Waals surface area contributed by atoms with E-state index >= 15 is 0 Å². The summed E-state index contributed by atoms with van der Waals surface area (Å²) in [6.07, 6.45) is 0.898. The number of hydrogen-bond acceptors (Lipinski definition) is 4. The van der Waals surface area contributed by atoms with E-state index in [0.29, 0.717) is 5.65 Å². The van der Waals surface area contributed by atoms with Gasteiger partial charge in [-0.15, -0.1) is 0 Å². The van der Waals surface area contributed by atoms with Crippen LogP contribution in [0.5, 0.6) is 0 Å². The summed E-state index contributed by atoms with van der Waals surface area (Å²) in [7, 11) is 0. The summed E-state index contributed by atoms with van der Waals surface area (Å²) < 4.78 is 41.9. The Hall–Kier alpha value is -3.95. The van der Waals surface area contributed by atoms with E-state index in [0.717, 1.165) is 18.3 Å². The highest BCUT2D eigenvalue weighted by molar-refractivity contribution is 6.05. The van der Waals surface area contributed by atoms with E-state index in [1.54, 1.807) is 24.3 Å². The molecule has 1 aromatic carbocycles. The van der Waals surface area contributed by atoms with Crippen molar-refractivity contribution in [3.8, 4) is 5.69 Å². The number of amides is 1. The molecule has 0 bridgehead atoms. The molecule has 0 saturated carbocycles. The molecule has 3 aromatic heterocycles. The molecule has 0 aliphatic heterocycles. The lowest BCUT2D eigenvalue weighted by molar-refractivity contribution is -0.137. The predicted octanol–water partition coefficient (Wildman–Crippen LogP) is 3.15. The fraction of sp³-hybridized carbons (Fsp3) is 0.0526. The Labute approximate surface area is 161 Å². The highest BCUT2D eigenvalue weighted by Gasteiger charge is 2.31. The lowest BCUT2D eigenvalue weighted by Crippen LogP contribution is -2.27. The number of alkyl halides is 3. The van der Waals surface area contributed by atoms with E-state index in [2.05, 4.69) is 15.4 Å². The van der Waals surface area contributed by atoms with Crippen LogP contribution in [0.25, 0.3) is 11.3 Å². The Morgan fingerprint density at radius 2 is 1.90 bits per heavy atom. The first-order chi connectivity index (χ1) is 13.8. The normalized spacial score (nSPS) is 11.6. The average Bonchev–Trinajstić information content (AvgIpc) is 3.22. The molecule has 0 aliphatic rings. The van der Waals surface area contributed by atoms with Gasteiger partial charge in [0.15, 0.2) is 0 Å². The summed E-state index contributed by atoms with van der Waals surface area (Å²) in [5.74, 6) is -0.881. The number of fused-ring (bicyclic) bond motifs is 1. The zero-order valence-electron chi connectivity index (χ0n) is 14.6. The predicted molar refractivity (Wildman–Crippen MR) is 98.0 cm³/mol. The van der Waals surface area contributed by atoms with Gasteiger partial charge in [0.2, 0.25) is 0 Å². The van der Waals surface area contributed by atoms with Gasteiger partial charge in [0.1, 0.15) is 11.2 Å². The lowest BCUT2D eigenvalue weighted by Gasteiger charge is -2.14. The third-order valence-electron chi connectivity index (χ3n) is 4.18. The van der Waals surface area contributed by atoms with Crippen molar-refractivity contribution in [2.45, 2.75) is 6.18 Å². The van der Waals surface area contributed by atoms with Gasteiger partial charge in [-0.05, 0) is 36.4 Å². The molecule has 29 heavy (non-hydrogen) atoms. The number of hydrogen-bond donors (Lipinski definition) is 1. The SMILES string of the molecule is O=C(Nc1cc(C(F)(F)F)ccc1-n1cccn1)c1cnc2ccccn2c1=O. The summed E-state index contributed by atoms with van der Waals surface area (Å²) in [4.78, 5) is 29.3. The minimum Gasteiger partial charge on any atom is -0.320 e. The highest BCUT2D eigenvalue weighted by atomic mass is 19.4. The van der Waals surface area contributed by atoms with Crippen molar-refractivity contribution in [1.82, 2.24) is 19.2 Å². The maximum absolute atomic E-state index is 13.1. The summed E-state index contributed by atoms with van der Waals surface area (Å²) in [5.41, 5.74) is -1.49. The minimum absolute atomic E-state index is 0.147. The van der Waals surface area contributed by atoms with Crippen LogP contribution in [0.15, 0.2) is 72.0 Å². The van der Waals surface area contributed by atoms with Crippen molar-refractivity contribution in [3.05, 3.63) is 88.7 Å². The standard InChI is InChI=1S/C19H12F3N5O2/c20-19(21,22)12-5-6-15(27-9-3-7-24-27)14(10-12)25-17(28)13-11-23-16-4-1-2-8-26(16)18(13)29/h1-11H,(H,25,28). The van der Waals surface area contributed by atoms with Crippen LogP contribution in [0.1, 0.15) is 15.9 Å². The molecule has 0 spiro atoms. The topological polar surface area (TPSA) is 81.3 Å². The van der Waals surface area contributed by atoms with E-state index in [4.69, 9.17) is 0 Å². The van der Waals surface area contributed by atoms with Crippen molar-refractivity contribution < 1.29 is 18.0 Å². The Kier molecular flexibility index (Phi) is 4.38. The first-order valence-corrected chi connectivity index (χ1v) is 8.33. The van der Waals surface area contributed by atoms with Crippen LogP contribution in [0.4, 0.5) is 18.9 Å². The maximum atomic E-state index is 13.1. The first-order valence-electron chi connectivity index (χ1n) is 8.33. The second-order valence-corrected chi connectivity index (χ2v) is 6.04. The Bertz CT molecular complexity index is 1260. The number of rotatable bonds is 3. The Balaban J connectivity index is 1.78. The molecule has 7 nitrogen and oxygen atoms in total. The number of pyridine rings is 1. The van der Waals surface area contributed by atoms with Crippen molar-refractivity contribution in [2.24, 2.45) is 0 Å². The molecule has 4 aromatic rings. The van der Waals surface area contributed by atoms with Gasteiger partial charge >= 0.3 is 6.18 Å². The highest BCUT2D eigenvalue weighted by Crippen LogP contribution is 2.33. The number of halogens is 3. The minimum atomic E-state index is -4.60. The number of carbonyl (C=O) groups excluding carboxylic acids is 1. The molecular weight excluding hydrogens is 387 g/mol. The smallest absolute Gasteiger partial charge is 0.320 e. The van der Waals surface area contributed by atoms with E-state index in [1.807, 2.05) is 0 Å². The van der Waals surface area contributed by atoms with Crippen LogP contribution < -0.4 is 10.9 Å². The molecule has 10 heteroatoms. The van der Waals surface area contributed by atoms with Crippen LogP contribution in [-0.4, -0.2) is 25.1 Å². The third kappa shape index (κ3) is 3.47. The van der Waals surface area contributed by atoms with Crippen LogP contribution >= 0.6 is 0 Å². The molecule has 0 fully saturated rings. The van der Waals surface area contributed by atoms with Gasteiger partial charge in [-0.1, -0.05) is 6.07 Å². The maximum Gasteiger partial charge on any atom is 0.416 e. The molecule has 3 heterocycles. The summed E-state index contributed by atoms with van der Waals surface area (Å²) >= 11 is 0. The van der Waals surface area contributed by atoms with Gasteiger partial charge in [-0.25, -0.2) is 9.67 Å². The number of aromatic nitrogens is 4. The molecule has 0 saturated heterocycles. The van der Waals surface area contributed by atoms with Crippen LogP contribution in [0.3, 0.4) is 0 Å². The van der Waals surface area contributed by atoms with Crippen LogP contribution in [0, 0.1) is 0 Å². The first kappa shape index (κ1) is 18.4. The van der Waals surface area contributed by atoms with E-state index in [-0.39, 0.29) is 16.9 Å². The Morgan fingerprint density at radius 3 is 2.62 bits per heavy atom. The third-order valence-corrected chi connectivity index (χ3v) is 4.18. The average molecular weight is 399 g/mol. The summed E-state index contributed by atoms with van der Waals surface area (Å²) in [6, 6.07) is 9.33. The molecule has 1 amide bonds. The number of benzene rings is 1. The monoisotopic (exact) mass is 399 g/mol. The van der Waals surface area contributed by atoms with Crippen molar-refractivity contribution >= 4 is 17.2 Å². The fourth-order valence-electron chi connectivity index (χ4n) is 2.80. The van der Waals surface area contributed by atoms with Gasteiger partial charge in [0.25, 0.3) is 11.5 Å². The van der Waals surface area contributed by atoms with E-state index in [9.17, 15) is 22.8 Å². The summed E-state index contributed by atoms with van der Waals surface area (Å²) in [6.45, 7) is 0. The number of nitrogens with one attached hydrogen (secondary N) is 1. The van der Waals surface area contributed by atoms with Crippen LogP contribution in [-0.2, 0) is 6.18 Å².